The molecule has 0 aliphatic heterocycles. The first-order valence-electron chi connectivity index (χ1n) is 3.46. The van der Waals surface area contributed by atoms with Gasteiger partial charge in [-0.2, -0.15) is 9.98 Å². The zero-order valence-corrected chi connectivity index (χ0v) is 7.91. The van der Waals surface area contributed by atoms with Crippen LogP contribution in [0.15, 0.2) is 0 Å². The molecular weight excluding hydrogens is 208 g/mol. The Morgan fingerprint density at radius 2 is 2.21 bits per heavy atom. The van der Waals surface area contributed by atoms with Crippen LogP contribution in [-0.4, -0.2) is 31.3 Å². The standard InChI is InChI=1S/C7H8N2O4S/c1-2-3-6(7(10)11)9-14(12,13)5-4-8/h1,6,9H,3,5H2,(H,10,11). The average molecular weight is 216 g/mol. The highest BCUT2D eigenvalue weighted by atomic mass is 32.2. The monoisotopic (exact) mass is 216 g/mol. The number of rotatable bonds is 5. The molecule has 0 radical (unpaired) electrons. The molecule has 6 nitrogen and oxygen atoms in total. The summed E-state index contributed by atoms with van der Waals surface area (Å²) in [6, 6.07) is 0.0228. The lowest BCUT2D eigenvalue weighted by atomic mass is 10.2. The number of nitrogens with zero attached hydrogens (tertiary/aromatic N) is 1. The molecule has 0 aliphatic carbocycles. The number of nitrogens with one attached hydrogen (secondary N) is 1. The second-order valence-corrected chi connectivity index (χ2v) is 4.09. The van der Waals surface area contributed by atoms with E-state index in [-0.39, 0.29) is 6.42 Å². The highest BCUT2D eigenvalue weighted by Crippen LogP contribution is 1.94. The molecule has 0 aromatic heterocycles. The van der Waals surface area contributed by atoms with E-state index < -0.39 is 27.8 Å². The normalized spacial score (nSPS) is 12.4. The SMILES string of the molecule is C#CCC(NS(=O)(=O)CC#N)C(=O)O. The fourth-order valence-electron chi connectivity index (χ4n) is 0.641. The van der Waals surface area contributed by atoms with Crippen LogP contribution in [0.2, 0.25) is 0 Å². The van der Waals surface area contributed by atoms with Gasteiger partial charge in [0.05, 0.1) is 6.07 Å². The van der Waals surface area contributed by atoms with Crippen molar-refractivity contribution in [1.82, 2.24) is 4.72 Å². The van der Waals surface area contributed by atoms with Gasteiger partial charge in [0.25, 0.3) is 0 Å². The maximum absolute atomic E-state index is 11.0. The summed E-state index contributed by atoms with van der Waals surface area (Å²) < 4.78 is 23.7. The van der Waals surface area contributed by atoms with E-state index in [1.54, 1.807) is 4.72 Å². The number of sulfonamides is 1. The first kappa shape index (κ1) is 12.4. The fourth-order valence-corrected chi connectivity index (χ4v) is 1.51. The summed E-state index contributed by atoms with van der Waals surface area (Å²) in [5, 5.41) is 16.7. The van der Waals surface area contributed by atoms with Crippen LogP contribution in [0, 0.1) is 23.7 Å². The minimum Gasteiger partial charge on any atom is -0.480 e. The molecule has 0 bridgehead atoms. The molecule has 0 aromatic rings. The van der Waals surface area contributed by atoms with Gasteiger partial charge in [-0.3, -0.25) is 4.79 Å². The molecule has 0 aliphatic rings. The molecular formula is C7H8N2O4S. The number of nitriles is 1. The van der Waals surface area contributed by atoms with Crippen molar-refractivity contribution in [3.05, 3.63) is 0 Å². The summed E-state index contributed by atoms with van der Waals surface area (Å²) in [5.74, 6) is -0.138. The molecule has 0 spiro atoms. The molecule has 0 fully saturated rings. The van der Waals surface area contributed by atoms with E-state index in [2.05, 4.69) is 0 Å². The predicted molar refractivity (Wildman–Crippen MR) is 47.4 cm³/mol. The van der Waals surface area contributed by atoms with Crippen LogP contribution in [0.5, 0.6) is 0 Å². The Bertz CT molecular complexity index is 387. The fraction of sp³-hybridized carbons (Fsp3) is 0.429. The Morgan fingerprint density at radius 3 is 2.57 bits per heavy atom. The maximum atomic E-state index is 11.0. The minimum atomic E-state index is -3.89. The van der Waals surface area contributed by atoms with Crippen molar-refractivity contribution in [1.29, 1.82) is 5.26 Å². The van der Waals surface area contributed by atoms with Gasteiger partial charge in [-0.05, 0) is 0 Å². The summed E-state index contributed by atoms with van der Waals surface area (Å²) in [4.78, 5) is 10.5. The van der Waals surface area contributed by atoms with Gasteiger partial charge in [0.1, 0.15) is 6.04 Å². The Labute approximate surface area is 81.6 Å². The zero-order valence-electron chi connectivity index (χ0n) is 7.10. The van der Waals surface area contributed by atoms with Crippen molar-refractivity contribution in [3.8, 4) is 18.4 Å². The van der Waals surface area contributed by atoms with E-state index >= 15 is 0 Å². The first-order chi connectivity index (χ1) is 6.43. The second-order valence-electron chi connectivity index (χ2n) is 2.33. The molecule has 0 amide bonds. The third-order valence-corrected chi connectivity index (χ3v) is 2.35. The zero-order chi connectivity index (χ0) is 11.2. The minimum absolute atomic E-state index is 0.264. The van der Waals surface area contributed by atoms with Gasteiger partial charge in [0.2, 0.25) is 10.0 Å². The van der Waals surface area contributed by atoms with Crippen molar-refractivity contribution < 1.29 is 18.3 Å². The number of hydrogen-bond acceptors (Lipinski definition) is 4. The molecule has 2 N–H and O–H groups in total. The largest absolute Gasteiger partial charge is 0.480 e. The maximum Gasteiger partial charge on any atom is 0.322 e. The lowest BCUT2D eigenvalue weighted by Gasteiger charge is -2.09. The van der Waals surface area contributed by atoms with Crippen LogP contribution in [0.25, 0.3) is 0 Å². The van der Waals surface area contributed by atoms with Crippen molar-refractivity contribution in [3.63, 3.8) is 0 Å². The molecule has 76 valence electrons. The molecule has 7 heteroatoms. The molecule has 1 unspecified atom stereocenters. The van der Waals surface area contributed by atoms with Gasteiger partial charge >= 0.3 is 5.97 Å². The van der Waals surface area contributed by atoms with E-state index in [0.717, 1.165) is 0 Å². The predicted octanol–water partition coefficient (Wildman–Crippen LogP) is -1.09. The van der Waals surface area contributed by atoms with Gasteiger partial charge in [0.15, 0.2) is 5.75 Å². The Balaban J connectivity index is 4.56. The van der Waals surface area contributed by atoms with Gasteiger partial charge < -0.3 is 5.11 Å². The van der Waals surface area contributed by atoms with Crippen molar-refractivity contribution in [2.45, 2.75) is 12.5 Å². The smallest absolute Gasteiger partial charge is 0.322 e. The van der Waals surface area contributed by atoms with E-state index in [0.29, 0.717) is 0 Å². The molecule has 0 saturated heterocycles. The summed E-state index contributed by atoms with van der Waals surface area (Å²) in [6.07, 6.45) is 4.58. The summed E-state index contributed by atoms with van der Waals surface area (Å²) in [6.45, 7) is 0. The highest BCUT2D eigenvalue weighted by Gasteiger charge is 2.22. The third kappa shape index (κ3) is 4.45. The van der Waals surface area contributed by atoms with Crippen LogP contribution >= 0.6 is 0 Å². The van der Waals surface area contributed by atoms with Crippen LogP contribution in [0.1, 0.15) is 6.42 Å². The van der Waals surface area contributed by atoms with Gasteiger partial charge in [-0.1, -0.05) is 0 Å². The van der Waals surface area contributed by atoms with Crippen LogP contribution < -0.4 is 4.72 Å². The number of aliphatic carboxylic acids is 1. The number of carbonyl (C=O) groups is 1. The molecule has 0 rings (SSSR count). The molecule has 0 saturated carbocycles. The summed E-state index contributed by atoms with van der Waals surface area (Å²) >= 11 is 0. The lowest BCUT2D eigenvalue weighted by Crippen LogP contribution is -2.41. The Kier molecular flexibility index (Phi) is 4.64. The van der Waals surface area contributed by atoms with Crippen LogP contribution in [0.3, 0.4) is 0 Å². The van der Waals surface area contributed by atoms with Gasteiger partial charge in [-0.25, -0.2) is 8.42 Å². The van der Waals surface area contributed by atoms with Crippen molar-refractivity contribution >= 4 is 16.0 Å². The Morgan fingerprint density at radius 1 is 1.64 bits per heavy atom. The number of carboxylic acids is 1. The first-order valence-corrected chi connectivity index (χ1v) is 5.11. The van der Waals surface area contributed by atoms with E-state index in [1.807, 2.05) is 5.92 Å². The summed E-state index contributed by atoms with van der Waals surface area (Å²) in [7, 11) is -3.89. The molecule has 14 heavy (non-hydrogen) atoms. The topological polar surface area (TPSA) is 107 Å². The van der Waals surface area contributed by atoms with Gasteiger partial charge in [0, 0.05) is 6.42 Å². The molecule has 0 heterocycles. The second kappa shape index (κ2) is 5.22. The average Bonchev–Trinajstić information content (AvgIpc) is 2.02. The van der Waals surface area contributed by atoms with E-state index in [9.17, 15) is 13.2 Å². The van der Waals surface area contributed by atoms with Crippen LogP contribution in [-0.2, 0) is 14.8 Å². The van der Waals surface area contributed by atoms with Crippen LogP contribution in [0.4, 0.5) is 0 Å². The van der Waals surface area contributed by atoms with E-state index in [4.69, 9.17) is 16.8 Å². The molecule has 1 atom stereocenters. The summed E-state index contributed by atoms with van der Waals surface area (Å²) in [5.41, 5.74) is 0. The van der Waals surface area contributed by atoms with Crippen molar-refractivity contribution in [2.75, 3.05) is 5.75 Å². The highest BCUT2D eigenvalue weighted by molar-refractivity contribution is 7.89. The number of hydrogen-bond donors (Lipinski definition) is 2. The number of carboxylic acid groups (broad SMARTS) is 1. The van der Waals surface area contributed by atoms with Crippen molar-refractivity contribution in [2.24, 2.45) is 0 Å². The Hall–Kier alpha value is -1.57. The molecule has 0 aromatic carbocycles. The third-order valence-electron chi connectivity index (χ3n) is 1.20. The lowest BCUT2D eigenvalue weighted by molar-refractivity contribution is -0.138. The van der Waals surface area contributed by atoms with E-state index in [1.165, 1.54) is 6.07 Å². The number of terminal acetylenes is 1. The van der Waals surface area contributed by atoms with Gasteiger partial charge in [-0.15, -0.1) is 12.3 Å². The quantitative estimate of drug-likeness (QED) is 0.567.